The Morgan fingerprint density at radius 3 is 2.76 bits per heavy atom. The first kappa shape index (κ1) is 14.7. The standard InChI is InChI=1S/C20H29N/c1-2-3-4-5-6-7-10-16-13-14-20-18(15-16)17-11-8-9-12-19(17)21-20/h8-9,11-12,16,21H,2-7,10,13-15H2,1H3. The van der Waals surface area contributed by atoms with Crippen LogP contribution in [0.25, 0.3) is 10.9 Å². The summed E-state index contributed by atoms with van der Waals surface area (Å²) < 4.78 is 0. The van der Waals surface area contributed by atoms with Crippen molar-refractivity contribution in [2.75, 3.05) is 0 Å². The van der Waals surface area contributed by atoms with Gasteiger partial charge in [0.2, 0.25) is 0 Å². The molecular formula is C20H29N. The van der Waals surface area contributed by atoms with E-state index in [1.807, 2.05) is 0 Å². The third kappa shape index (κ3) is 3.51. The number of benzene rings is 1. The largest absolute Gasteiger partial charge is 0.358 e. The molecule has 2 aromatic rings. The number of aromatic nitrogens is 1. The number of rotatable bonds is 7. The minimum Gasteiger partial charge on any atom is -0.358 e. The smallest absolute Gasteiger partial charge is 0.0458 e. The van der Waals surface area contributed by atoms with Gasteiger partial charge in [-0.3, -0.25) is 0 Å². The Labute approximate surface area is 129 Å². The van der Waals surface area contributed by atoms with Crippen molar-refractivity contribution in [2.24, 2.45) is 5.92 Å². The number of nitrogens with one attached hydrogen (secondary N) is 1. The number of unbranched alkanes of at least 4 members (excludes halogenated alkanes) is 5. The maximum absolute atomic E-state index is 3.63. The zero-order valence-electron chi connectivity index (χ0n) is 13.5. The van der Waals surface area contributed by atoms with Gasteiger partial charge in [-0.25, -0.2) is 0 Å². The molecule has 21 heavy (non-hydrogen) atoms. The third-order valence-corrected chi connectivity index (χ3v) is 5.16. The molecule has 114 valence electrons. The molecule has 1 aliphatic carbocycles. The van der Waals surface area contributed by atoms with Crippen molar-refractivity contribution in [1.29, 1.82) is 0 Å². The molecular weight excluding hydrogens is 254 g/mol. The van der Waals surface area contributed by atoms with Crippen molar-refractivity contribution in [2.45, 2.75) is 71.1 Å². The summed E-state index contributed by atoms with van der Waals surface area (Å²) in [6.07, 6.45) is 13.9. The van der Waals surface area contributed by atoms with Gasteiger partial charge in [0, 0.05) is 16.6 Å². The van der Waals surface area contributed by atoms with E-state index in [0.717, 1.165) is 5.92 Å². The number of hydrogen-bond donors (Lipinski definition) is 1. The van der Waals surface area contributed by atoms with E-state index in [9.17, 15) is 0 Å². The van der Waals surface area contributed by atoms with Gasteiger partial charge in [0.05, 0.1) is 0 Å². The molecule has 0 amide bonds. The molecule has 0 radical (unpaired) electrons. The lowest BCUT2D eigenvalue weighted by molar-refractivity contribution is 0.404. The Morgan fingerprint density at radius 2 is 1.86 bits per heavy atom. The van der Waals surface area contributed by atoms with E-state index >= 15 is 0 Å². The van der Waals surface area contributed by atoms with E-state index in [1.54, 1.807) is 5.56 Å². The van der Waals surface area contributed by atoms with Crippen molar-refractivity contribution in [3.63, 3.8) is 0 Å². The first-order valence-electron chi connectivity index (χ1n) is 8.97. The highest BCUT2D eigenvalue weighted by Crippen LogP contribution is 2.33. The average molecular weight is 283 g/mol. The zero-order valence-corrected chi connectivity index (χ0v) is 13.5. The van der Waals surface area contributed by atoms with Gasteiger partial charge in [-0.2, -0.15) is 0 Å². The van der Waals surface area contributed by atoms with Crippen LogP contribution in [-0.2, 0) is 12.8 Å². The quantitative estimate of drug-likeness (QED) is 0.598. The molecule has 1 N–H and O–H groups in total. The van der Waals surface area contributed by atoms with Gasteiger partial charge < -0.3 is 4.98 Å². The van der Waals surface area contributed by atoms with Gasteiger partial charge in [-0.05, 0) is 36.8 Å². The third-order valence-electron chi connectivity index (χ3n) is 5.16. The van der Waals surface area contributed by atoms with Crippen LogP contribution in [-0.4, -0.2) is 4.98 Å². The SMILES string of the molecule is CCCCCCCCC1CCc2[nH]c3ccccc3c2C1. The van der Waals surface area contributed by atoms with Crippen LogP contribution in [0.1, 0.15) is 69.5 Å². The first-order valence-corrected chi connectivity index (χ1v) is 8.97. The fourth-order valence-corrected chi connectivity index (χ4v) is 3.90. The van der Waals surface area contributed by atoms with Gasteiger partial charge >= 0.3 is 0 Å². The van der Waals surface area contributed by atoms with Crippen LogP contribution in [0, 0.1) is 5.92 Å². The molecule has 1 unspecified atom stereocenters. The lowest BCUT2D eigenvalue weighted by Crippen LogP contribution is -2.13. The van der Waals surface area contributed by atoms with Crippen molar-refractivity contribution in [1.82, 2.24) is 4.98 Å². The summed E-state index contributed by atoms with van der Waals surface area (Å²) in [4.78, 5) is 3.63. The number of aromatic amines is 1. The van der Waals surface area contributed by atoms with E-state index in [0.29, 0.717) is 0 Å². The van der Waals surface area contributed by atoms with Crippen LogP contribution in [0.2, 0.25) is 0 Å². The highest BCUT2D eigenvalue weighted by Gasteiger charge is 2.21. The van der Waals surface area contributed by atoms with Crippen LogP contribution in [0.15, 0.2) is 24.3 Å². The molecule has 0 aliphatic heterocycles. The molecule has 1 aromatic heterocycles. The summed E-state index contributed by atoms with van der Waals surface area (Å²) in [6.45, 7) is 2.29. The molecule has 1 heterocycles. The lowest BCUT2D eigenvalue weighted by Gasteiger charge is -2.22. The Kier molecular flexibility index (Phi) is 5.00. The second-order valence-electron chi connectivity index (χ2n) is 6.79. The summed E-state index contributed by atoms with van der Waals surface area (Å²) in [6, 6.07) is 8.82. The highest BCUT2D eigenvalue weighted by atomic mass is 14.7. The summed E-state index contributed by atoms with van der Waals surface area (Å²) in [5.41, 5.74) is 4.46. The van der Waals surface area contributed by atoms with Gasteiger partial charge in [0.25, 0.3) is 0 Å². The molecule has 0 bridgehead atoms. The van der Waals surface area contributed by atoms with E-state index in [2.05, 4.69) is 36.2 Å². The minimum atomic E-state index is 0.919. The van der Waals surface area contributed by atoms with E-state index in [1.165, 1.54) is 80.8 Å². The number of fused-ring (bicyclic) bond motifs is 3. The Balaban J connectivity index is 1.52. The van der Waals surface area contributed by atoms with Crippen LogP contribution in [0.5, 0.6) is 0 Å². The summed E-state index contributed by atoms with van der Waals surface area (Å²) in [5.74, 6) is 0.919. The Morgan fingerprint density at radius 1 is 1.05 bits per heavy atom. The fourth-order valence-electron chi connectivity index (χ4n) is 3.90. The maximum atomic E-state index is 3.63. The topological polar surface area (TPSA) is 15.8 Å². The second-order valence-corrected chi connectivity index (χ2v) is 6.79. The first-order chi connectivity index (χ1) is 10.4. The van der Waals surface area contributed by atoms with Crippen molar-refractivity contribution >= 4 is 10.9 Å². The predicted molar refractivity (Wildman–Crippen MR) is 91.8 cm³/mol. The second kappa shape index (κ2) is 7.15. The van der Waals surface area contributed by atoms with E-state index in [4.69, 9.17) is 0 Å². The molecule has 0 saturated carbocycles. The number of hydrogen-bond acceptors (Lipinski definition) is 0. The maximum Gasteiger partial charge on any atom is 0.0458 e. The van der Waals surface area contributed by atoms with Gasteiger partial charge in [-0.1, -0.05) is 70.1 Å². The molecule has 1 aromatic carbocycles. The summed E-state index contributed by atoms with van der Waals surface area (Å²) in [5, 5.41) is 1.47. The Hall–Kier alpha value is -1.24. The number of aryl methyl sites for hydroxylation is 1. The number of H-pyrrole nitrogens is 1. The molecule has 1 aliphatic rings. The van der Waals surface area contributed by atoms with E-state index < -0.39 is 0 Å². The molecule has 1 nitrogen and oxygen atoms in total. The summed E-state index contributed by atoms with van der Waals surface area (Å²) >= 11 is 0. The van der Waals surface area contributed by atoms with Crippen LogP contribution in [0.3, 0.4) is 0 Å². The van der Waals surface area contributed by atoms with Crippen molar-refractivity contribution in [3.8, 4) is 0 Å². The molecule has 3 rings (SSSR count). The van der Waals surface area contributed by atoms with Crippen molar-refractivity contribution in [3.05, 3.63) is 35.5 Å². The lowest BCUT2D eigenvalue weighted by atomic mass is 9.83. The molecule has 0 spiro atoms. The molecule has 1 heteroatoms. The van der Waals surface area contributed by atoms with Gasteiger partial charge in [-0.15, -0.1) is 0 Å². The molecule has 1 atom stereocenters. The Bertz CT molecular complexity index is 566. The van der Waals surface area contributed by atoms with E-state index in [-0.39, 0.29) is 0 Å². The number of para-hydroxylation sites is 1. The van der Waals surface area contributed by atoms with Crippen molar-refractivity contribution < 1.29 is 0 Å². The molecule has 0 saturated heterocycles. The molecule has 0 fully saturated rings. The fraction of sp³-hybridized carbons (Fsp3) is 0.600. The van der Waals surface area contributed by atoms with Gasteiger partial charge in [0.1, 0.15) is 0 Å². The highest BCUT2D eigenvalue weighted by molar-refractivity contribution is 5.84. The zero-order chi connectivity index (χ0) is 14.5. The average Bonchev–Trinajstić information content (AvgIpc) is 2.89. The normalized spacial score (nSPS) is 18.0. The monoisotopic (exact) mass is 283 g/mol. The minimum absolute atomic E-state index is 0.919. The van der Waals surface area contributed by atoms with Crippen LogP contribution in [0.4, 0.5) is 0 Å². The predicted octanol–water partition coefficient (Wildman–Crippen LogP) is 6.02. The van der Waals surface area contributed by atoms with Gasteiger partial charge in [0.15, 0.2) is 0 Å². The van der Waals surface area contributed by atoms with Crippen LogP contribution >= 0.6 is 0 Å². The van der Waals surface area contributed by atoms with Crippen LogP contribution < -0.4 is 0 Å². The summed E-state index contributed by atoms with van der Waals surface area (Å²) in [7, 11) is 0.